The van der Waals surface area contributed by atoms with Crippen LogP contribution in [-0.2, 0) is 6.18 Å². The molecule has 0 atom stereocenters. The molecular formula is C49H21F3N8. The number of alkyl halides is 3. The number of benzene rings is 7. The monoisotopic (exact) mass is 778 g/mol. The van der Waals surface area contributed by atoms with Gasteiger partial charge in [0.25, 0.3) is 0 Å². The molecule has 0 unspecified atom stereocenters. The van der Waals surface area contributed by atoms with Crippen molar-refractivity contribution in [2.24, 2.45) is 0 Å². The quantitative estimate of drug-likeness (QED) is 0.173. The van der Waals surface area contributed by atoms with Crippen molar-refractivity contribution in [1.29, 1.82) is 31.6 Å². The van der Waals surface area contributed by atoms with Gasteiger partial charge in [-0.05, 0) is 120 Å². The average Bonchev–Trinajstić information content (AvgIpc) is 3.78. The molecule has 0 aliphatic heterocycles. The van der Waals surface area contributed by atoms with Gasteiger partial charge in [-0.1, -0.05) is 18.2 Å². The zero-order valence-electron chi connectivity index (χ0n) is 30.8. The zero-order valence-corrected chi connectivity index (χ0v) is 30.8. The highest BCUT2D eigenvalue weighted by molar-refractivity contribution is 6.12. The lowest BCUT2D eigenvalue weighted by Gasteiger charge is -2.21. The Labute approximate surface area is 339 Å². The molecule has 0 spiro atoms. The molecular weight excluding hydrogens is 758 g/mol. The lowest BCUT2D eigenvalue weighted by Crippen LogP contribution is -2.06. The molecule has 2 aromatic heterocycles. The Morgan fingerprint density at radius 3 is 1.30 bits per heavy atom. The van der Waals surface area contributed by atoms with Crippen molar-refractivity contribution in [1.82, 2.24) is 9.13 Å². The van der Waals surface area contributed by atoms with Gasteiger partial charge in [0.05, 0.1) is 109 Å². The second kappa shape index (κ2) is 13.8. The van der Waals surface area contributed by atoms with Crippen LogP contribution < -0.4 is 0 Å². The Morgan fingerprint density at radius 1 is 0.400 bits per heavy atom. The molecule has 0 saturated heterocycles. The molecule has 9 rings (SSSR count). The van der Waals surface area contributed by atoms with E-state index in [0.717, 1.165) is 12.1 Å². The number of halogens is 3. The molecule has 11 heteroatoms. The fourth-order valence-electron chi connectivity index (χ4n) is 8.11. The first kappa shape index (κ1) is 36.5. The van der Waals surface area contributed by atoms with Crippen molar-refractivity contribution in [3.05, 3.63) is 166 Å². The van der Waals surface area contributed by atoms with Crippen molar-refractivity contribution in [3.8, 4) is 70.0 Å². The van der Waals surface area contributed by atoms with Gasteiger partial charge >= 0.3 is 6.18 Å². The number of nitrogens with zero attached hydrogens (tertiary/aromatic N) is 8. The highest BCUT2D eigenvalue weighted by Gasteiger charge is 2.31. The van der Waals surface area contributed by atoms with Gasteiger partial charge in [0.1, 0.15) is 0 Å². The minimum Gasteiger partial charge on any atom is -0.309 e. The number of rotatable bonds is 4. The highest BCUT2D eigenvalue weighted by atomic mass is 19.4. The van der Waals surface area contributed by atoms with Crippen LogP contribution >= 0.6 is 0 Å². The number of fused-ring (bicyclic) bond motifs is 6. The summed E-state index contributed by atoms with van der Waals surface area (Å²) in [4.78, 5) is 0. The van der Waals surface area contributed by atoms with Gasteiger partial charge in [-0.2, -0.15) is 44.7 Å². The Hall–Kier alpha value is -9.13. The van der Waals surface area contributed by atoms with E-state index in [1.165, 1.54) is 6.07 Å². The van der Waals surface area contributed by atoms with Gasteiger partial charge in [-0.15, -0.1) is 0 Å². The van der Waals surface area contributed by atoms with Gasteiger partial charge in [-0.25, -0.2) is 0 Å². The lowest BCUT2D eigenvalue weighted by molar-refractivity contribution is -0.137. The van der Waals surface area contributed by atoms with Gasteiger partial charge in [0.15, 0.2) is 0 Å². The van der Waals surface area contributed by atoms with E-state index in [2.05, 4.69) is 30.3 Å². The van der Waals surface area contributed by atoms with Crippen LogP contribution in [0.1, 0.15) is 38.9 Å². The second-order valence-electron chi connectivity index (χ2n) is 14.0. The summed E-state index contributed by atoms with van der Waals surface area (Å²) in [6.45, 7) is 0. The number of aromatic nitrogens is 2. The van der Waals surface area contributed by atoms with Crippen LogP contribution in [0.25, 0.3) is 77.2 Å². The zero-order chi connectivity index (χ0) is 41.9. The minimum atomic E-state index is -4.68. The first-order valence-corrected chi connectivity index (χ1v) is 18.2. The van der Waals surface area contributed by atoms with E-state index in [9.17, 15) is 44.7 Å². The van der Waals surface area contributed by atoms with Crippen LogP contribution in [0.4, 0.5) is 13.2 Å². The molecule has 0 aliphatic carbocycles. The van der Waals surface area contributed by atoms with Gasteiger partial charge in [-0.3, -0.25) is 0 Å². The van der Waals surface area contributed by atoms with Crippen molar-refractivity contribution in [2.75, 3.05) is 0 Å². The van der Waals surface area contributed by atoms with Crippen LogP contribution in [0.5, 0.6) is 0 Å². The number of hydrogen-bond acceptors (Lipinski definition) is 6. The van der Waals surface area contributed by atoms with Crippen molar-refractivity contribution in [2.45, 2.75) is 6.18 Å². The van der Waals surface area contributed by atoms with Crippen molar-refractivity contribution in [3.63, 3.8) is 0 Å². The van der Waals surface area contributed by atoms with Crippen molar-refractivity contribution < 1.29 is 13.2 Å². The summed E-state index contributed by atoms with van der Waals surface area (Å²) in [5, 5.41) is 63.2. The summed E-state index contributed by atoms with van der Waals surface area (Å²) in [6.07, 6.45) is -4.68. The van der Waals surface area contributed by atoms with E-state index in [0.29, 0.717) is 93.9 Å². The van der Waals surface area contributed by atoms with Gasteiger partial charge in [0.2, 0.25) is 0 Å². The summed E-state index contributed by atoms with van der Waals surface area (Å²) in [5.41, 5.74) is 5.97. The van der Waals surface area contributed by atoms with E-state index in [1.807, 2.05) is 21.3 Å². The van der Waals surface area contributed by atoms with E-state index in [-0.39, 0.29) is 16.7 Å². The summed E-state index contributed by atoms with van der Waals surface area (Å²) in [7, 11) is 0. The smallest absolute Gasteiger partial charge is 0.309 e. The average molecular weight is 779 g/mol. The van der Waals surface area contributed by atoms with Crippen LogP contribution in [-0.4, -0.2) is 9.13 Å². The molecule has 0 radical (unpaired) electrons. The van der Waals surface area contributed by atoms with Crippen molar-refractivity contribution >= 4 is 43.6 Å². The maximum absolute atomic E-state index is 13.8. The SMILES string of the molecule is N#Cc1ccc2c(c1)c1cc(C#N)ccc1n2-c1ccc(-c2ccc(C(F)(F)F)cc2C#N)cc1-c1c(C#N)cccc1-n1c2ccc(C#N)cc2c2cc(C#N)ccc21. The Bertz CT molecular complexity index is 3480. The van der Waals surface area contributed by atoms with E-state index in [4.69, 9.17) is 0 Å². The third kappa shape index (κ3) is 5.64. The normalized spacial score (nSPS) is 11.2. The summed E-state index contributed by atoms with van der Waals surface area (Å²) >= 11 is 0. The Morgan fingerprint density at radius 2 is 0.867 bits per heavy atom. The second-order valence-corrected chi connectivity index (χ2v) is 14.0. The molecule has 0 amide bonds. The fraction of sp³-hybridized carbons (Fsp3) is 0.0204. The number of hydrogen-bond donors (Lipinski definition) is 0. The van der Waals surface area contributed by atoms with E-state index < -0.39 is 11.7 Å². The molecule has 60 heavy (non-hydrogen) atoms. The third-order valence-corrected chi connectivity index (χ3v) is 10.7. The molecule has 278 valence electrons. The standard InChI is InChI=1S/C49H21F3N8/c50-49(51,52)35-9-10-36(34(20-35)27-58)32-8-15-46(59-42-11-4-28(22-53)16-37(42)38-17-29(23-54)5-12-43(38)59)41(21-32)48-33(26-57)2-1-3-47(48)60-44-13-6-30(24-55)18-39(44)40-19-31(25-56)7-14-45(40)60/h1-21H. The first-order chi connectivity index (χ1) is 29.1. The topological polar surface area (TPSA) is 153 Å². The summed E-state index contributed by atoms with van der Waals surface area (Å²) < 4.78 is 45.4. The van der Waals surface area contributed by atoms with Gasteiger partial charge < -0.3 is 9.13 Å². The fourth-order valence-corrected chi connectivity index (χ4v) is 8.11. The van der Waals surface area contributed by atoms with E-state index in [1.54, 1.807) is 103 Å². The number of nitriles is 6. The molecule has 0 saturated carbocycles. The molecule has 0 aliphatic rings. The highest BCUT2D eigenvalue weighted by Crippen LogP contribution is 2.44. The third-order valence-electron chi connectivity index (χ3n) is 10.7. The Balaban J connectivity index is 1.44. The van der Waals surface area contributed by atoms with Crippen LogP contribution in [0.2, 0.25) is 0 Å². The Kier molecular flexibility index (Phi) is 8.40. The molecule has 0 fully saturated rings. The van der Waals surface area contributed by atoms with Gasteiger partial charge in [0, 0.05) is 32.7 Å². The van der Waals surface area contributed by atoms with Crippen LogP contribution in [0.3, 0.4) is 0 Å². The molecule has 2 heterocycles. The maximum atomic E-state index is 13.8. The predicted molar refractivity (Wildman–Crippen MR) is 219 cm³/mol. The van der Waals surface area contributed by atoms with Crippen LogP contribution in [0, 0.1) is 68.0 Å². The lowest BCUT2D eigenvalue weighted by atomic mass is 9.91. The molecule has 0 N–H and O–H groups in total. The van der Waals surface area contributed by atoms with Crippen LogP contribution in [0.15, 0.2) is 127 Å². The molecule has 9 aromatic rings. The first-order valence-electron chi connectivity index (χ1n) is 18.2. The van der Waals surface area contributed by atoms with E-state index >= 15 is 0 Å². The maximum Gasteiger partial charge on any atom is 0.416 e. The predicted octanol–water partition coefficient (Wildman–Crippen LogP) is 11.5. The minimum absolute atomic E-state index is 0.203. The molecule has 0 bridgehead atoms. The summed E-state index contributed by atoms with van der Waals surface area (Å²) in [6, 6.07) is 47.4. The molecule has 7 aromatic carbocycles. The summed E-state index contributed by atoms with van der Waals surface area (Å²) in [5.74, 6) is 0. The largest absolute Gasteiger partial charge is 0.416 e. The molecule has 8 nitrogen and oxygen atoms in total.